The molecule has 20 nitrogen and oxygen atoms in total. The van der Waals surface area contributed by atoms with Gasteiger partial charge in [-0.25, -0.2) is 14.4 Å². The van der Waals surface area contributed by atoms with Crippen molar-refractivity contribution < 1.29 is 81.2 Å². The molecule has 0 bridgehead atoms. The van der Waals surface area contributed by atoms with E-state index in [4.69, 9.17) is 52.5 Å². The number of rotatable bonds is 26. The molecule has 0 saturated heterocycles. The number of hydrogen-bond donors (Lipinski definition) is 3. The molecule has 2 aromatic rings. The van der Waals surface area contributed by atoms with Crippen LogP contribution in [0, 0.1) is 0 Å². The minimum atomic E-state index is -1.17. The Kier molecular flexibility index (Phi) is 32.1. The third kappa shape index (κ3) is 32.0. The van der Waals surface area contributed by atoms with Gasteiger partial charge in [-0.2, -0.15) is 0 Å². The number of amides is 3. The lowest BCUT2D eigenvalue weighted by Crippen LogP contribution is -2.54. The first-order valence-electron chi connectivity index (χ1n) is 21.8. The number of carbonyl (C=O) groups is 6. The highest BCUT2D eigenvalue weighted by Crippen LogP contribution is 2.11. The molecule has 20 heteroatoms. The van der Waals surface area contributed by atoms with E-state index in [2.05, 4.69) is 10.6 Å². The van der Waals surface area contributed by atoms with Gasteiger partial charge in [0.15, 0.2) is 18.6 Å². The molecular weight excluding hydrogens is 879 g/mol. The van der Waals surface area contributed by atoms with Gasteiger partial charge in [0.2, 0.25) is 5.91 Å². The summed E-state index contributed by atoms with van der Waals surface area (Å²) in [5.74, 6) is -2.50. The molecule has 3 N–H and O–H groups in total. The first kappa shape index (κ1) is 61.6. The van der Waals surface area contributed by atoms with Crippen LogP contribution in [-0.4, -0.2) is 150 Å². The second-order valence-electron chi connectivity index (χ2n) is 16.3. The van der Waals surface area contributed by atoms with E-state index in [1.54, 1.807) is 69.6 Å². The molecule has 3 amide bonds. The van der Waals surface area contributed by atoms with Crippen molar-refractivity contribution in [2.24, 2.45) is 0 Å². The van der Waals surface area contributed by atoms with Crippen LogP contribution >= 0.6 is 0 Å². The summed E-state index contributed by atoms with van der Waals surface area (Å²) in [5, 5.41) is 13.9. The topological polar surface area (TPSA) is 242 Å². The second-order valence-corrected chi connectivity index (χ2v) is 16.3. The van der Waals surface area contributed by atoms with E-state index >= 15 is 0 Å². The van der Waals surface area contributed by atoms with Crippen LogP contribution in [0.3, 0.4) is 0 Å². The van der Waals surface area contributed by atoms with Crippen LogP contribution in [0.2, 0.25) is 0 Å². The molecule has 0 aromatic heterocycles. The number of carboxylic acid groups (broad SMARTS) is 1. The van der Waals surface area contributed by atoms with Crippen molar-refractivity contribution in [3.63, 3.8) is 0 Å². The average Bonchev–Trinajstić information content (AvgIpc) is 3.25. The molecule has 0 aliphatic carbocycles. The first-order chi connectivity index (χ1) is 31.6. The summed E-state index contributed by atoms with van der Waals surface area (Å²) in [7, 11) is 6.00. The number of carbonyl (C=O) groups excluding carboxylic acids is 5. The van der Waals surface area contributed by atoms with Gasteiger partial charge in [0.25, 0.3) is 0 Å². The summed E-state index contributed by atoms with van der Waals surface area (Å²) in [6, 6.07) is 16.5. The number of methoxy groups -OCH3 is 4. The number of ether oxygens (including phenoxy) is 10. The van der Waals surface area contributed by atoms with Gasteiger partial charge in [-0.05, 0) is 79.4 Å². The Morgan fingerprint density at radius 2 is 1.03 bits per heavy atom. The predicted octanol–water partition coefficient (Wildman–Crippen LogP) is 5.63. The maximum Gasteiger partial charge on any atom is 0.408 e. The second kappa shape index (κ2) is 34.9. The summed E-state index contributed by atoms with van der Waals surface area (Å²) < 4.78 is 51.4. The fraction of sp³-hybridized carbons (Fsp3) is 0.617. The highest BCUT2D eigenvalue weighted by atomic mass is 16.7. The highest BCUT2D eigenvalue weighted by Gasteiger charge is 2.31. The van der Waals surface area contributed by atoms with E-state index in [9.17, 15) is 28.8 Å². The van der Waals surface area contributed by atoms with Crippen molar-refractivity contribution in [1.29, 1.82) is 0 Å². The minimum absolute atomic E-state index is 0.0597. The van der Waals surface area contributed by atoms with E-state index in [0.717, 1.165) is 17.5 Å². The van der Waals surface area contributed by atoms with Gasteiger partial charge in [-0.15, -0.1) is 0 Å². The van der Waals surface area contributed by atoms with Gasteiger partial charge in [-0.1, -0.05) is 60.7 Å². The van der Waals surface area contributed by atoms with Gasteiger partial charge >= 0.3 is 30.1 Å². The number of esters is 2. The average molecular weight is 954 g/mol. The normalized spacial score (nSPS) is 12.0. The minimum Gasteiger partial charge on any atom is -0.480 e. The van der Waals surface area contributed by atoms with Crippen molar-refractivity contribution >= 4 is 36.0 Å². The van der Waals surface area contributed by atoms with Gasteiger partial charge < -0.3 is 68.0 Å². The SMILES string of the molecule is CC(C)(C)OC(=O)N[C@@H](COCc1ccccc1)C(=O)O.CCOC(=O)CCCC(OC)OC.CCOC(=O)CN(CC(OC)OC)C(=O)[C@H](COCc1ccccc1)NC(=O)OC(C)(C)C. The van der Waals surface area contributed by atoms with E-state index in [1.807, 2.05) is 60.7 Å². The van der Waals surface area contributed by atoms with Gasteiger partial charge in [0.1, 0.15) is 23.8 Å². The Labute approximate surface area is 395 Å². The van der Waals surface area contributed by atoms with E-state index in [-0.39, 0.29) is 58.4 Å². The molecule has 67 heavy (non-hydrogen) atoms. The molecule has 0 spiro atoms. The number of carboxylic acids is 1. The number of benzene rings is 2. The molecule has 0 aliphatic rings. The van der Waals surface area contributed by atoms with Gasteiger partial charge in [0.05, 0.1) is 46.2 Å². The number of nitrogens with zero attached hydrogens (tertiary/aromatic N) is 1. The Morgan fingerprint density at radius 1 is 0.612 bits per heavy atom. The summed E-state index contributed by atoms with van der Waals surface area (Å²) in [4.78, 5) is 72.6. The van der Waals surface area contributed by atoms with Crippen LogP contribution in [0.1, 0.15) is 85.8 Å². The maximum atomic E-state index is 13.4. The van der Waals surface area contributed by atoms with Crippen LogP contribution in [0.4, 0.5) is 9.59 Å². The van der Waals surface area contributed by atoms with Crippen molar-refractivity contribution in [2.75, 3.05) is 68.0 Å². The lowest BCUT2D eigenvalue weighted by atomic mass is 10.2. The predicted molar refractivity (Wildman–Crippen MR) is 245 cm³/mol. The number of hydrogen-bond acceptors (Lipinski definition) is 16. The lowest BCUT2D eigenvalue weighted by molar-refractivity contribution is -0.158. The van der Waals surface area contributed by atoms with Crippen LogP contribution < -0.4 is 10.6 Å². The van der Waals surface area contributed by atoms with Gasteiger partial charge in [-0.3, -0.25) is 14.4 Å². The van der Waals surface area contributed by atoms with Crippen molar-refractivity contribution in [1.82, 2.24) is 15.5 Å². The molecule has 0 aliphatic heterocycles. The van der Waals surface area contributed by atoms with Crippen LogP contribution in [0.25, 0.3) is 0 Å². The zero-order valence-corrected chi connectivity index (χ0v) is 41.3. The summed E-state index contributed by atoms with van der Waals surface area (Å²) >= 11 is 0. The Bertz CT molecular complexity index is 1680. The molecule has 0 unspecified atom stereocenters. The third-order valence-corrected chi connectivity index (χ3v) is 8.25. The summed E-state index contributed by atoms with van der Waals surface area (Å²) in [5.41, 5.74) is 0.393. The zero-order valence-electron chi connectivity index (χ0n) is 41.3. The number of alkyl carbamates (subject to hydrolysis) is 2. The molecule has 0 radical (unpaired) electrons. The third-order valence-electron chi connectivity index (χ3n) is 8.25. The molecule has 2 aromatic carbocycles. The summed E-state index contributed by atoms with van der Waals surface area (Å²) in [6.07, 6.45) is -0.688. The zero-order chi connectivity index (χ0) is 50.8. The Hall–Kier alpha value is -5.38. The van der Waals surface area contributed by atoms with Crippen LogP contribution in [0.15, 0.2) is 60.7 Å². The van der Waals surface area contributed by atoms with Crippen molar-refractivity contribution in [3.8, 4) is 0 Å². The fourth-order valence-corrected chi connectivity index (χ4v) is 5.21. The maximum absolute atomic E-state index is 13.4. The van der Waals surface area contributed by atoms with Crippen molar-refractivity contribution in [2.45, 2.75) is 124 Å². The lowest BCUT2D eigenvalue weighted by Gasteiger charge is -2.30. The molecule has 0 saturated carbocycles. The molecule has 380 valence electrons. The van der Waals surface area contributed by atoms with E-state index < -0.39 is 59.6 Å². The van der Waals surface area contributed by atoms with Crippen LogP contribution in [0.5, 0.6) is 0 Å². The standard InChI is InChI=1S/C23H36N2O8.C15H21NO5.C9H18O4/c1-7-32-19(26)13-25(14-20(29-5)30-6)21(27)18(24-22(28)33-23(2,3)4)16-31-15-17-11-9-8-10-12-17;1-15(2,3)21-14(19)16-12(13(17)18)10-20-9-11-7-5-4-6-8-11;1-4-13-8(10)6-5-7-9(11-2)12-3/h8-12,18,20H,7,13-16H2,1-6H3,(H,24,28);4-8,12H,9-10H2,1-3H3,(H,16,19)(H,17,18);9H,4-7H2,1-3H3/t18-;12-;/m00./s1. The molecule has 0 fully saturated rings. The molecule has 0 heterocycles. The fourth-order valence-electron chi connectivity index (χ4n) is 5.21. The number of aliphatic carboxylic acids is 1. The van der Waals surface area contributed by atoms with Crippen molar-refractivity contribution in [3.05, 3.63) is 71.8 Å². The van der Waals surface area contributed by atoms with E-state index in [0.29, 0.717) is 19.4 Å². The Morgan fingerprint density at radius 3 is 1.43 bits per heavy atom. The molecule has 2 atom stereocenters. The quantitative estimate of drug-likeness (QED) is 0.0588. The monoisotopic (exact) mass is 954 g/mol. The van der Waals surface area contributed by atoms with Crippen LogP contribution in [-0.2, 0) is 79.8 Å². The summed E-state index contributed by atoms with van der Waals surface area (Å²) in [6.45, 7) is 14.1. The first-order valence-corrected chi connectivity index (χ1v) is 21.8. The van der Waals surface area contributed by atoms with Gasteiger partial charge in [0, 0.05) is 34.9 Å². The highest BCUT2D eigenvalue weighted by molar-refractivity contribution is 5.88. The Balaban J connectivity index is 0.00000109. The molecule has 2 rings (SSSR count). The van der Waals surface area contributed by atoms with E-state index in [1.165, 1.54) is 19.1 Å². The number of nitrogens with one attached hydrogen (secondary N) is 2. The molecular formula is C47H75N3O17. The largest absolute Gasteiger partial charge is 0.480 e. The smallest absolute Gasteiger partial charge is 0.408 e.